The van der Waals surface area contributed by atoms with Crippen molar-refractivity contribution in [3.63, 3.8) is 0 Å². The lowest BCUT2D eigenvalue weighted by Gasteiger charge is -2.24. The minimum atomic E-state index is -4.38. The number of aliphatic hydroxyl groups is 1. The third kappa shape index (κ3) is 2.86. The first-order chi connectivity index (χ1) is 12.8. The van der Waals surface area contributed by atoms with Crippen LogP contribution in [0.2, 0.25) is 0 Å². The summed E-state index contributed by atoms with van der Waals surface area (Å²) < 4.78 is 38.8. The molecule has 0 aromatic heterocycles. The molecule has 0 saturated carbocycles. The Labute approximate surface area is 155 Å². The third-order valence-electron chi connectivity index (χ3n) is 5.02. The van der Waals surface area contributed by atoms with Crippen LogP contribution >= 0.6 is 0 Å². The Morgan fingerprint density at radius 2 is 1.33 bits per heavy atom. The van der Waals surface area contributed by atoms with Crippen LogP contribution in [0, 0.1) is 0 Å². The van der Waals surface area contributed by atoms with Gasteiger partial charge in [0, 0.05) is 5.57 Å². The van der Waals surface area contributed by atoms with Gasteiger partial charge in [-0.05, 0) is 46.9 Å². The monoisotopic (exact) mass is 366 g/mol. The summed E-state index contributed by atoms with van der Waals surface area (Å²) >= 11 is 0. The standard InChI is InChI=1S/C23H17F3O/c1-22(27)19-10-6-5-9-18(19)20(21(22)16-7-3-2-4-8-16)15-11-13-17(14-12-15)23(24,25)26/h2-14,27H,1H3. The molecule has 0 amide bonds. The van der Waals surface area contributed by atoms with E-state index >= 15 is 0 Å². The van der Waals surface area contributed by atoms with Gasteiger partial charge in [0.2, 0.25) is 0 Å². The van der Waals surface area contributed by atoms with E-state index in [0.29, 0.717) is 11.1 Å². The molecule has 1 nitrogen and oxygen atoms in total. The van der Waals surface area contributed by atoms with Crippen molar-refractivity contribution in [1.29, 1.82) is 0 Å². The van der Waals surface area contributed by atoms with Gasteiger partial charge in [-0.25, -0.2) is 0 Å². The van der Waals surface area contributed by atoms with Crippen molar-refractivity contribution in [3.05, 3.63) is 107 Å². The summed E-state index contributed by atoms with van der Waals surface area (Å²) in [6, 6.07) is 22.0. The summed E-state index contributed by atoms with van der Waals surface area (Å²) in [5.74, 6) is 0. The summed E-state index contributed by atoms with van der Waals surface area (Å²) in [5, 5.41) is 11.3. The Kier molecular flexibility index (Phi) is 3.97. The number of fused-ring (bicyclic) bond motifs is 1. The van der Waals surface area contributed by atoms with Gasteiger partial charge in [0.1, 0.15) is 5.60 Å². The molecule has 27 heavy (non-hydrogen) atoms. The molecule has 136 valence electrons. The van der Waals surface area contributed by atoms with Crippen molar-refractivity contribution in [3.8, 4) is 0 Å². The van der Waals surface area contributed by atoms with Crippen molar-refractivity contribution in [2.24, 2.45) is 0 Å². The molecule has 1 atom stereocenters. The van der Waals surface area contributed by atoms with Crippen LogP contribution in [0.4, 0.5) is 13.2 Å². The van der Waals surface area contributed by atoms with E-state index in [1.165, 1.54) is 12.1 Å². The van der Waals surface area contributed by atoms with Crippen molar-refractivity contribution < 1.29 is 18.3 Å². The maximum atomic E-state index is 12.9. The number of alkyl halides is 3. The van der Waals surface area contributed by atoms with E-state index in [1.807, 2.05) is 54.6 Å². The normalized spacial score (nSPS) is 19.3. The molecule has 0 saturated heterocycles. The summed E-state index contributed by atoms with van der Waals surface area (Å²) in [6.07, 6.45) is -4.38. The Bertz CT molecular complexity index is 1010. The molecule has 0 fully saturated rings. The van der Waals surface area contributed by atoms with Crippen LogP contribution in [-0.2, 0) is 11.8 Å². The summed E-state index contributed by atoms with van der Waals surface area (Å²) in [4.78, 5) is 0. The highest BCUT2D eigenvalue weighted by Gasteiger charge is 2.41. The van der Waals surface area contributed by atoms with Crippen molar-refractivity contribution in [2.75, 3.05) is 0 Å². The van der Waals surface area contributed by atoms with Crippen LogP contribution in [0.25, 0.3) is 11.1 Å². The Hall–Kier alpha value is -2.85. The van der Waals surface area contributed by atoms with Gasteiger partial charge in [0.05, 0.1) is 5.56 Å². The van der Waals surface area contributed by atoms with Gasteiger partial charge < -0.3 is 5.11 Å². The van der Waals surface area contributed by atoms with Crippen LogP contribution in [0.1, 0.15) is 34.7 Å². The molecule has 0 aliphatic heterocycles. The summed E-state index contributed by atoms with van der Waals surface area (Å²) in [5.41, 5.74) is 2.60. The van der Waals surface area contributed by atoms with Gasteiger partial charge in [-0.3, -0.25) is 0 Å². The average Bonchev–Trinajstić information content (AvgIpc) is 2.89. The van der Waals surface area contributed by atoms with E-state index in [1.54, 1.807) is 6.92 Å². The zero-order chi connectivity index (χ0) is 19.2. The average molecular weight is 366 g/mol. The van der Waals surface area contributed by atoms with Gasteiger partial charge in [0.25, 0.3) is 0 Å². The van der Waals surface area contributed by atoms with E-state index in [2.05, 4.69) is 0 Å². The second-order valence-electron chi connectivity index (χ2n) is 6.81. The topological polar surface area (TPSA) is 20.2 Å². The maximum absolute atomic E-state index is 12.9. The zero-order valence-corrected chi connectivity index (χ0v) is 14.6. The molecule has 3 aromatic rings. The smallest absolute Gasteiger partial charge is 0.381 e. The van der Waals surface area contributed by atoms with Gasteiger partial charge >= 0.3 is 6.18 Å². The van der Waals surface area contributed by atoms with Crippen molar-refractivity contribution in [2.45, 2.75) is 18.7 Å². The van der Waals surface area contributed by atoms with E-state index < -0.39 is 17.3 Å². The second kappa shape index (κ2) is 6.10. The lowest BCUT2D eigenvalue weighted by molar-refractivity contribution is -0.137. The highest BCUT2D eigenvalue weighted by Crippen LogP contribution is 2.51. The van der Waals surface area contributed by atoms with Crippen LogP contribution in [0.5, 0.6) is 0 Å². The fourth-order valence-electron chi connectivity index (χ4n) is 3.79. The van der Waals surface area contributed by atoms with Crippen LogP contribution in [0.15, 0.2) is 78.9 Å². The fraction of sp³-hybridized carbons (Fsp3) is 0.130. The zero-order valence-electron chi connectivity index (χ0n) is 14.6. The molecule has 0 heterocycles. The largest absolute Gasteiger partial charge is 0.416 e. The molecule has 0 radical (unpaired) electrons. The molecule has 0 bridgehead atoms. The van der Waals surface area contributed by atoms with E-state index in [9.17, 15) is 18.3 Å². The molecular weight excluding hydrogens is 349 g/mol. The predicted octanol–water partition coefficient (Wildman–Crippen LogP) is 5.89. The van der Waals surface area contributed by atoms with Crippen LogP contribution < -0.4 is 0 Å². The van der Waals surface area contributed by atoms with Crippen molar-refractivity contribution in [1.82, 2.24) is 0 Å². The van der Waals surface area contributed by atoms with E-state index in [0.717, 1.165) is 34.4 Å². The van der Waals surface area contributed by atoms with Crippen LogP contribution in [-0.4, -0.2) is 5.11 Å². The van der Waals surface area contributed by atoms with Gasteiger partial charge in [0.15, 0.2) is 0 Å². The minimum absolute atomic E-state index is 0.645. The molecule has 3 aromatic carbocycles. The molecule has 1 unspecified atom stereocenters. The molecular formula is C23H17F3O. The molecule has 4 rings (SSSR count). The van der Waals surface area contributed by atoms with E-state index in [4.69, 9.17) is 0 Å². The Morgan fingerprint density at radius 3 is 1.96 bits per heavy atom. The first-order valence-corrected chi connectivity index (χ1v) is 8.60. The molecule has 1 aliphatic carbocycles. The maximum Gasteiger partial charge on any atom is 0.416 e. The van der Waals surface area contributed by atoms with Gasteiger partial charge in [-0.2, -0.15) is 13.2 Å². The molecule has 1 N–H and O–H groups in total. The lowest BCUT2D eigenvalue weighted by atomic mass is 9.87. The Balaban J connectivity index is 1.98. The van der Waals surface area contributed by atoms with Gasteiger partial charge in [-0.15, -0.1) is 0 Å². The Morgan fingerprint density at radius 1 is 0.741 bits per heavy atom. The third-order valence-corrected chi connectivity index (χ3v) is 5.02. The number of hydrogen-bond acceptors (Lipinski definition) is 1. The second-order valence-corrected chi connectivity index (χ2v) is 6.81. The van der Waals surface area contributed by atoms with Crippen LogP contribution in [0.3, 0.4) is 0 Å². The first-order valence-electron chi connectivity index (χ1n) is 8.60. The lowest BCUT2D eigenvalue weighted by Crippen LogP contribution is -2.20. The first kappa shape index (κ1) is 17.6. The quantitative estimate of drug-likeness (QED) is 0.600. The summed E-state index contributed by atoms with van der Waals surface area (Å²) in [6.45, 7) is 1.73. The highest BCUT2D eigenvalue weighted by molar-refractivity contribution is 6.06. The SMILES string of the molecule is CC1(O)C(c2ccccc2)=C(c2ccc(C(F)(F)F)cc2)c2ccccc21. The minimum Gasteiger partial charge on any atom is -0.381 e. The molecule has 1 aliphatic rings. The molecule has 0 spiro atoms. The van der Waals surface area contributed by atoms with Gasteiger partial charge in [-0.1, -0.05) is 66.7 Å². The highest BCUT2D eigenvalue weighted by atomic mass is 19.4. The molecule has 4 heteroatoms. The fourth-order valence-corrected chi connectivity index (χ4v) is 3.79. The van der Waals surface area contributed by atoms with E-state index in [-0.39, 0.29) is 0 Å². The number of rotatable bonds is 2. The number of hydrogen-bond donors (Lipinski definition) is 1. The number of benzene rings is 3. The number of halogens is 3. The predicted molar refractivity (Wildman–Crippen MR) is 99.8 cm³/mol. The summed E-state index contributed by atoms with van der Waals surface area (Å²) in [7, 11) is 0. The van der Waals surface area contributed by atoms with Crippen molar-refractivity contribution >= 4 is 11.1 Å².